The molecule has 0 saturated carbocycles. The second-order valence-corrected chi connectivity index (χ2v) is 5.88. The van der Waals surface area contributed by atoms with E-state index in [2.05, 4.69) is 5.32 Å². The van der Waals surface area contributed by atoms with E-state index in [0.29, 0.717) is 11.4 Å². The first-order chi connectivity index (χ1) is 13.0. The molecule has 1 aliphatic heterocycles. The lowest BCUT2D eigenvalue weighted by Crippen LogP contribution is -2.33. The Morgan fingerprint density at radius 3 is 2.48 bits per heavy atom. The number of hydrogen-bond donors (Lipinski definition) is 1. The first kappa shape index (κ1) is 18.5. The number of halogens is 1. The highest BCUT2D eigenvalue weighted by Crippen LogP contribution is 2.32. The number of hydrogen-bond acceptors (Lipinski definition) is 6. The van der Waals surface area contributed by atoms with E-state index in [9.17, 15) is 14.4 Å². The first-order valence-corrected chi connectivity index (χ1v) is 8.22. The number of rotatable bonds is 5. The molecule has 0 saturated heterocycles. The van der Waals surface area contributed by atoms with Crippen molar-refractivity contribution in [2.24, 2.45) is 0 Å². The molecule has 0 fully saturated rings. The van der Waals surface area contributed by atoms with Crippen LogP contribution >= 0.6 is 11.6 Å². The van der Waals surface area contributed by atoms with Gasteiger partial charge in [-0.1, -0.05) is 29.8 Å². The minimum absolute atomic E-state index is 0.0776. The Bertz CT molecular complexity index is 970. The van der Waals surface area contributed by atoms with Crippen LogP contribution < -0.4 is 15.0 Å². The van der Waals surface area contributed by atoms with Gasteiger partial charge in [-0.05, 0) is 24.3 Å². The molecule has 2 aromatic rings. The van der Waals surface area contributed by atoms with Crippen LogP contribution in [-0.2, 0) is 14.3 Å². The lowest BCUT2D eigenvalue weighted by molar-refractivity contribution is -0.120. The molecule has 2 amide bonds. The van der Waals surface area contributed by atoms with Gasteiger partial charge in [0.1, 0.15) is 16.5 Å². The van der Waals surface area contributed by atoms with Crippen LogP contribution in [0.4, 0.5) is 11.4 Å². The third-order valence-electron chi connectivity index (χ3n) is 3.92. The Morgan fingerprint density at radius 1 is 1.04 bits per heavy atom. The van der Waals surface area contributed by atoms with E-state index < -0.39 is 17.8 Å². The topological polar surface area (TPSA) is 84.9 Å². The van der Waals surface area contributed by atoms with E-state index in [1.165, 1.54) is 26.4 Å². The van der Waals surface area contributed by atoms with Crippen LogP contribution in [0.5, 0.6) is 5.75 Å². The molecule has 27 heavy (non-hydrogen) atoms. The molecule has 138 valence electrons. The van der Waals surface area contributed by atoms with Crippen LogP contribution in [0.2, 0.25) is 0 Å². The minimum atomic E-state index is -0.733. The predicted octanol–water partition coefficient (Wildman–Crippen LogP) is 2.92. The zero-order valence-corrected chi connectivity index (χ0v) is 15.2. The molecule has 0 aromatic heterocycles. The van der Waals surface area contributed by atoms with E-state index >= 15 is 0 Å². The molecule has 1 heterocycles. The van der Waals surface area contributed by atoms with Gasteiger partial charge in [0.15, 0.2) is 0 Å². The number of carbonyl (C=O) groups excluding carboxylic acids is 3. The maximum atomic E-state index is 12.9. The predicted molar refractivity (Wildman–Crippen MR) is 99.8 cm³/mol. The fraction of sp³-hybridized carbons (Fsp3) is 0.105. The highest BCUT2D eigenvalue weighted by molar-refractivity contribution is 6.53. The fourth-order valence-electron chi connectivity index (χ4n) is 2.63. The van der Waals surface area contributed by atoms with Crippen LogP contribution in [0.3, 0.4) is 0 Å². The van der Waals surface area contributed by atoms with Crippen molar-refractivity contribution in [3.63, 3.8) is 0 Å². The molecule has 0 aliphatic carbocycles. The van der Waals surface area contributed by atoms with E-state index in [0.717, 1.165) is 4.90 Å². The van der Waals surface area contributed by atoms with E-state index in [1.54, 1.807) is 36.4 Å². The summed E-state index contributed by atoms with van der Waals surface area (Å²) in [7, 11) is 2.73. The number of nitrogens with one attached hydrogen (secondary N) is 1. The van der Waals surface area contributed by atoms with Gasteiger partial charge in [0.05, 0.1) is 25.5 Å². The third-order valence-corrected chi connectivity index (χ3v) is 4.27. The summed E-state index contributed by atoms with van der Waals surface area (Å²) in [4.78, 5) is 38.3. The number of benzene rings is 2. The Hall–Kier alpha value is -3.32. The second-order valence-electron chi connectivity index (χ2n) is 5.50. The van der Waals surface area contributed by atoms with Gasteiger partial charge in [0.25, 0.3) is 11.8 Å². The smallest absolute Gasteiger partial charge is 0.339 e. The van der Waals surface area contributed by atoms with Crippen molar-refractivity contribution in [2.75, 3.05) is 24.4 Å². The van der Waals surface area contributed by atoms with E-state index in [-0.39, 0.29) is 22.0 Å². The highest BCUT2D eigenvalue weighted by atomic mass is 35.5. The summed E-state index contributed by atoms with van der Waals surface area (Å²) in [6.07, 6.45) is 0. The van der Waals surface area contributed by atoms with Gasteiger partial charge in [-0.2, -0.15) is 0 Å². The number of nitrogens with zero attached hydrogens (tertiary/aromatic N) is 1. The molecule has 0 unspecified atom stereocenters. The summed E-state index contributed by atoms with van der Waals surface area (Å²) in [5, 5.41) is 2.57. The Kier molecular flexibility index (Phi) is 5.14. The lowest BCUT2D eigenvalue weighted by atomic mass is 10.1. The summed E-state index contributed by atoms with van der Waals surface area (Å²) >= 11 is 6.12. The molecule has 7 nitrogen and oxygen atoms in total. The normalized spacial score (nSPS) is 13.8. The Balaban J connectivity index is 1.96. The molecule has 0 bridgehead atoms. The van der Waals surface area contributed by atoms with Gasteiger partial charge in [0.2, 0.25) is 0 Å². The maximum absolute atomic E-state index is 12.9. The number of esters is 1. The van der Waals surface area contributed by atoms with Gasteiger partial charge in [0, 0.05) is 11.8 Å². The zero-order chi connectivity index (χ0) is 19.6. The van der Waals surface area contributed by atoms with Crippen molar-refractivity contribution in [2.45, 2.75) is 0 Å². The molecule has 0 radical (unpaired) electrons. The summed E-state index contributed by atoms with van der Waals surface area (Å²) in [5.41, 5.74) is 0.607. The molecule has 8 heteroatoms. The largest absolute Gasteiger partial charge is 0.497 e. The van der Waals surface area contributed by atoms with Crippen LogP contribution in [0.25, 0.3) is 0 Å². The Labute approximate surface area is 160 Å². The summed E-state index contributed by atoms with van der Waals surface area (Å²) in [5.74, 6) is -1.51. The average Bonchev–Trinajstić information content (AvgIpc) is 2.90. The average molecular weight is 387 g/mol. The van der Waals surface area contributed by atoms with Crippen molar-refractivity contribution < 1.29 is 23.9 Å². The monoisotopic (exact) mass is 386 g/mol. The number of anilines is 2. The SMILES string of the molecule is COC(=O)c1ccccc1N1C(=O)C(Cl)=C(Nc2cccc(OC)c2)C1=O. The van der Waals surface area contributed by atoms with Crippen LogP contribution in [-0.4, -0.2) is 32.0 Å². The maximum Gasteiger partial charge on any atom is 0.339 e. The zero-order valence-electron chi connectivity index (χ0n) is 14.5. The molecule has 2 aromatic carbocycles. The lowest BCUT2D eigenvalue weighted by Gasteiger charge is -2.18. The molecule has 1 aliphatic rings. The minimum Gasteiger partial charge on any atom is -0.497 e. The number of para-hydroxylation sites is 1. The fourth-order valence-corrected chi connectivity index (χ4v) is 2.84. The van der Waals surface area contributed by atoms with Gasteiger partial charge in [-0.3, -0.25) is 9.59 Å². The number of carbonyl (C=O) groups is 3. The van der Waals surface area contributed by atoms with Gasteiger partial charge < -0.3 is 14.8 Å². The van der Waals surface area contributed by atoms with Crippen LogP contribution in [0.15, 0.2) is 59.3 Å². The first-order valence-electron chi connectivity index (χ1n) is 7.85. The Morgan fingerprint density at radius 2 is 1.78 bits per heavy atom. The van der Waals surface area contributed by atoms with Crippen molar-refractivity contribution in [1.82, 2.24) is 0 Å². The van der Waals surface area contributed by atoms with Gasteiger partial charge >= 0.3 is 5.97 Å². The molecule has 0 spiro atoms. The number of imide groups is 1. The summed E-state index contributed by atoms with van der Waals surface area (Å²) < 4.78 is 9.85. The standard InChI is InChI=1S/C19H15ClN2O5/c1-26-12-7-5-6-11(10-12)21-16-15(20)17(23)22(18(16)24)14-9-4-3-8-13(14)19(25)27-2/h3-10,21H,1-2H3. The van der Waals surface area contributed by atoms with Gasteiger partial charge in [-0.25, -0.2) is 9.69 Å². The van der Waals surface area contributed by atoms with E-state index in [4.69, 9.17) is 21.1 Å². The van der Waals surface area contributed by atoms with E-state index in [1.807, 2.05) is 0 Å². The second kappa shape index (κ2) is 7.51. The number of amides is 2. The number of ether oxygens (including phenoxy) is 2. The summed E-state index contributed by atoms with van der Waals surface area (Å²) in [6, 6.07) is 12.9. The molecular formula is C19H15ClN2O5. The van der Waals surface area contributed by atoms with Crippen LogP contribution in [0.1, 0.15) is 10.4 Å². The molecule has 0 atom stereocenters. The van der Waals surface area contributed by atoms with Crippen molar-refractivity contribution in [1.29, 1.82) is 0 Å². The van der Waals surface area contributed by atoms with Crippen molar-refractivity contribution in [3.8, 4) is 5.75 Å². The molecule has 1 N–H and O–H groups in total. The molecule has 3 rings (SSSR count). The third kappa shape index (κ3) is 3.37. The van der Waals surface area contributed by atoms with Crippen molar-refractivity contribution >= 4 is 40.8 Å². The quantitative estimate of drug-likeness (QED) is 0.628. The highest BCUT2D eigenvalue weighted by Gasteiger charge is 2.40. The summed E-state index contributed by atoms with van der Waals surface area (Å²) in [6.45, 7) is 0. The van der Waals surface area contributed by atoms with Crippen LogP contribution in [0, 0.1) is 0 Å². The molecular weight excluding hydrogens is 372 g/mol. The van der Waals surface area contributed by atoms with Gasteiger partial charge in [-0.15, -0.1) is 0 Å². The van der Waals surface area contributed by atoms with Crippen molar-refractivity contribution in [3.05, 3.63) is 64.8 Å². The number of methoxy groups -OCH3 is 2.